The van der Waals surface area contributed by atoms with Crippen LogP contribution in [-0.4, -0.2) is 41.9 Å². The molecule has 1 unspecified atom stereocenters. The Morgan fingerprint density at radius 1 is 0.850 bits per heavy atom. The van der Waals surface area contributed by atoms with Crippen molar-refractivity contribution in [3.63, 3.8) is 0 Å². The fraction of sp³-hybridized carbons (Fsp3) is 0.846. The van der Waals surface area contributed by atoms with E-state index in [4.69, 9.17) is 4.78 Å². The van der Waals surface area contributed by atoms with Crippen LogP contribution in [0.5, 0.6) is 0 Å². The maximum absolute atomic E-state index is 11.9. The number of carbonyl (C=O) groups excluding carboxylic acids is 2. The van der Waals surface area contributed by atoms with Crippen LogP contribution < -0.4 is 0 Å². The summed E-state index contributed by atoms with van der Waals surface area (Å²) >= 11 is 0. The predicted octanol–water partition coefficient (Wildman–Crippen LogP) is 2.11. The van der Waals surface area contributed by atoms with E-state index in [1.807, 2.05) is 0 Å². The van der Waals surface area contributed by atoms with Gasteiger partial charge in [0.2, 0.25) is 0 Å². The zero-order valence-corrected chi connectivity index (χ0v) is 13.1. The third kappa shape index (κ3) is 10.8. The Bertz CT molecular complexity index is 392. The van der Waals surface area contributed by atoms with Gasteiger partial charge in [0.05, 0.1) is 14.2 Å². The third-order valence-corrected chi connectivity index (χ3v) is 4.81. The van der Waals surface area contributed by atoms with Crippen molar-refractivity contribution in [1.29, 1.82) is 4.78 Å². The molecule has 0 spiro atoms. The summed E-state index contributed by atoms with van der Waals surface area (Å²) in [5, 5.41) is 0. The van der Waals surface area contributed by atoms with Crippen molar-refractivity contribution in [2.45, 2.75) is 44.9 Å². The van der Waals surface area contributed by atoms with Gasteiger partial charge in [-0.1, -0.05) is 6.42 Å². The van der Waals surface area contributed by atoms with E-state index in [0.29, 0.717) is 50.0 Å². The molecule has 0 saturated heterocycles. The Labute approximate surface area is 121 Å². The van der Waals surface area contributed by atoms with E-state index in [1.165, 1.54) is 14.2 Å². The van der Waals surface area contributed by atoms with Crippen molar-refractivity contribution in [3.8, 4) is 0 Å². The molecule has 0 aromatic heterocycles. The number of ether oxygens (including phenoxy) is 2. The smallest absolute Gasteiger partial charge is 0.305 e. The molecule has 1 atom stereocenters. The van der Waals surface area contributed by atoms with E-state index < -0.39 is 9.73 Å². The highest BCUT2D eigenvalue weighted by Crippen LogP contribution is 2.07. The summed E-state index contributed by atoms with van der Waals surface area (Å²) in [5.41, 5.74) is 0. The van der Waals surface area contributed by atoms with Gasteiger partial charge in [-0.05, 0) is 25.7 Å². The van der Waals surface area contributed by atoms with Gasteiger partial charge in [0.15, 0.2) is 0 Å². The van der Waals surface area contributed by atoms with Gasteiger partial charge in [0.1, 0.15) is 0 Å². The Balaban J connectivity index is 3.64. The van der Waals surface area contributed by atoms with E-state index in [9.17, 15) is 13.8 Å². The maximum Gasteiger partial charge on any atom is 0.305 e. The van der Waals surface area contributed by atoms with E-state index in [2.05, 4.69) is 9.47 Å². The fourth-order valence-electron chi connectivity index (χ4n) is 1.69. The average molecular weight is 307 g/mol. The summed E-state index contributed by atoms with van der Waals surface area (Å²) in [6.07, 6.45) is 4.03. The molecule has 0 aromatic rings. The van der Waals surface area contributed by atoms with Gasteiger partial charge in [-0.2, -0.15) is 0 Å². The first-order valence-electron chi connectivity index (χ1n) is 6.79. The third-order valence-electron chi connectivity index (χ3n) is 2.92. The second-order valence-corrected chi connectivity index (χ2v) is 7.08. The largest absolute Gasteiger partial charge is 0.469 e. The molecule has 0 heterocycles. The lowest BCUT2D eigenvalue weighted by Crippen LogP contribution is -2.10. The molecule has 6 nitrogen and oxygen atoms in total. The molecular weight excluding hydrogens is 282 g/mol. The van der Waals surface area contributed by atoms with E-state index in [-0.39, 0.29) is 11.9 Å². The number of unbranched alkanes of at least 4 members (excludes halogenated alkanes) is 3. The van der Waals surface area contributed by atoms with Gasteiger partial charge < -0.3 is 9.47 Å². The number of rotatable bonds is 11. The monoisotopic (exact) mass is 307 g/mol. The van der Waals surface area contributed by atoms with Crippen LogP contribution in [0.1, 0.15) is 44.9 Å². The first-order valence-corrected chi connectivity index (χ1v) is 8.68. The first kappa shape index (κ1) is 18.9. The topological polar surface area (TPSA) is 93.5 Å². The Kier molecular flexibility index (Phi) is 10.1. The fourth-order valence-corrected chi connectivity index (χ4v) is 3.24. The summed E-state index contributed by atoms with van der Waals surface area (Å²) < 4.78 is 28.7. The molecule has 0 aliphatic rings. The Morgan fingerprint density at radius 2 is 1.25 bits per heavy atom. The standard InChI is InChI=1S/C13H25NO5S/c1-18-12(15)8-4-3-6-10-20(14,17)11-7-5-9-13(16)19-2/h14H,3-11H2,1-2H3. The van der Waals surface area contributed by atoms with Crippen LogP contribution in [0.2, 0.25) is 0 Å². The summed E-state index contributed by atoms with van der Waals surface area (Å²) in [6.45, 7) is 0. The molecule has 118 valence electrons. The molecule has 0 saturated carbocycles. The highest BCUT2D eigenvalue weighted by atomic mass is 32.2. The molecular formula is C13H25NO5S. The van der Waals surface area contributed by atoms with Crippen LogP contribution in [0, 0.1) is 4.78 Å². The van der Waals surface area contributed by atoms with Gasteiger partial charge in [-0.25, -0.2) is 4.21 Å². The number of esters is 2. The average Bonchev–Trinajstić information content (AvgIpc) is 2.42. The number of carbonyl (C=O) groups is 2. The zero-order valence-electron chi connectivity index (χ0n) is 12.3. The summed E-state index contributed by atoms with van der Waals surface area (Å²) in [5.74, 6) is 0.164. The van der Waals surface area contributed by atoms with Crippen LogP contribution >= 0.6 is 0 Å². The molecule has 0 bridgehead atoms. The van der Waals surface area contributed by atoms with Crippen molar-refractivity contribution in [3.05, 3.63) is 0 Å². The summed E-state index contributed by atoms with van der Waals surface area (Å²) in [6, 6.07) is 0. The van der Waals surface area contributed by atoms with Crippen LogP contribution in [-0.2, 0) is 28.8 Å². The summed E-state index contributed by atoms with van der Waals surface area (Å²) in [7, 11) is 0.131. The molecule has 0 aliphatic heterocycles. The van der Waals surface area contributed by atoms with E-state index in [1.54, 1.807) is 0 Å². The van der Waals surface area contributed by atoms with Crippen molar-refractivity contribution >= 4 is 21.7 Å². The van der Waals surface area contributed by atoms with Crippen molar-refractivity contribution in [2.24, 2.45) is 0 Å². The van der Waals surface area contributed by atoms with Crippen molar-refractivity contribution < 1.29 is 23.3 Å². The molecule has 0 aromatic carbocycles. The van der Waals surface area contributed by atoms with Crippen LogP contribution in [0.15, 0.2) is 0 Å². The Hall–Kier alpha value is -1.11. The lowest BCUT2D eigenvalue weighted by atomic mass is 10.2. The van der Waals surface area contributed by atoms with Gasteiger partial charge >= 0.3 is 11.9 Å². The molecule has 0 aliphatic carbocycles. The second kappa shape index (κ2) is 10.7. The van der Waals surface area contributed by atoms with Gasteiger partial charge in [0, 0.05) is 34.1 Å². The van der Waals surface area contributed by atoms with Gasteiger partial charge in [0.25, 0.3) is 0 Å². The minimum absolute atomic E-state index is 0.237. The molecule has 0 radical (unpaired) electrons. The minimum atomic E-state index is -2.56. The number of nitrogens with one attached hydrogen (secondary N) is 1. The highest BCUT2D eigenvalue weighted by molar-refractivity contribution is 7.92. The number of methoxy groups -OCH3 is 2. The molecule has 0 amide bonds. The van der Waals surface area contributed by atoms with Crippen LogP contribution in [0.25, 0.3) is 0 Å². The predicted molar refractivity (Wildman–Crippen MR) is 76.9 cm³/mol. The van der Waals surface area contributed by atoms with Gasteiger partial charge in [-0.3, -0.25) is 14.4 Å². The number of hydrogen-bond donors (Lipinski definition) is 1. The van der Waals surface area contributed by atoms with Crippen molar-refractivity contribution in [1.82, 2.24) is 0 Å². The maximum atomic E-state index is 11.9. The van der Waals surface area contributed by atoms with Gasteiger partial charge in [-0.15, -0.1) is 0 Å². The van der Waals surface area contributed by atoms with Crippen LogP contribution in [0.4, 0.5) is 0 Å². The normalized spacial score (nSPS) is 13.5. The Morgan fingerprint density at radius 3 is 1.70 bits per heavy atom. The second-order valence-electron chi connectivity index (χ2n) is 4.64. The molecule has 0 fully saturated rings. The lowest BCUT2D eigenvalue weighted by molar-refractivity contribution is -0.141. The van der Waals surface area contributed by atoms with Crippen molar-refractivity contribution in [2.75, 3.05) is 25.7 Å². The zero-order chi connectivity index (χ0) is 15.4. The molecule has 0 rings (SSSR count). The first-order chi connectivity index (χ1) is 9.41. The van der Waals surface area contributed by atoms with E-state index in [0.717, 1.165) is 6.42 Å². The highest BCUT2D eigenvalue weighted by Gasteiger charge is 2.08. The number of hydrogen-bond acceptors (Lipinski definition) is 6. The minimum Gasteiger partial charge on any atom is -0.469 e. The summed E-state index contributed by atoms with van der Waals surface area (Å²) in [4.78, 5) is 21.8. The van der Waals surface area contributed by atoms with E-state index >= 15 is 0 Å². The lowest BCUT2D eigenvalue weighted by Gasteiger charge is -2.07. The molecule has 1 N–H and O–H groups in total. The quantitative estimate of drug-likeness (QED) is 0.466. The SMILES string of the molecule is COC(=O)CCCCCS(=N)(=O)CCCCC(=O)OC. The van der Waals surface area contributed by atoms with Crippen LogP contribution in [0.3, 0.4) is 0 Å². The molecule has 7 heteroatoms. The molecule has 20 heavy (non-hydrogen) atoms.